The fraction of sp³-hybridized carbons (Fsp3) is 0.167. The Kier molecular flexibility index (Phi) is 7.07. The van der Waals surface area contributed by atoms with Gasteiger partial charge in [0, 0.05) is 6.42 Å². The number of fused-ring (bicyclic) bond motifs is 1. The number of amides is 1. The largest absolute Gasteiger partial charge is 0.471 e. The molecule has 4 nitrogen and oxygen atoms in total. The summed E-state index contributed by atoms with van der Waals surface area (Å²) in [6, 6.07) is 23.0. The van der Waals surface area contributed by atoms with Gasteiger partial charge >= 0.3 is 18.1 Å². The molecule has 0 heterocycles. The molecule has 31 heavy (non-hydrogen) atoms. The van der Waals surface area contributed by atoms with Crippen molar-refractivity contribution >= 4 is 28.7 Å². The van der Waals surface area contributed by atoms with Crippen LogP contribution in [0.2, 0.25) is 0 Å². The third-order valence-electron chi connectivity index (χ3n) is 4.49. The predicted molar refractivity (Wildman–Crippen MR) is 112 cm³/mol. The van der Waals surface area contributed by atoms with E-state index in [1.165, 1.54) is 5.32 Å². The van der Waals surface area contributed by atoms with E-state index >= 15 is 0 Å². The number of carbonyl (C=O) groups excluding carboxylic acids is 2. The molecule has 1 unspecified atom stereocenters. The van der Waals surface area contributed by atoms with Gasteiger partial charge in [-0.15, -0.1) is 0 Å². The van der Waals surface area contributed by atoms with Gasteiger partial charge in [0.15, 0.2) is 0 Å². The average molecular weight is 427 g/mol. The van der Waals surface area contributed by atoms with Crippen molar-refractivity contribution in [2.45, 2.75) is 18.7 Å². The van der Waals surface area contributed by atoms with Gasteiger partial charge in [-0.3, -0.25) is 9.59 Å². The second-order valence-electron chi connectivity index (χ2n) is 6.86. The van der Waals surface area contributed by atoms with Crippen LogP contribution in [-0.2, 0) is 20.7 Å². The number of rotatable bonds is 7. The van der Waals surface area contributed by atoms with E-state index in [-0.39, 0.29) is 0 Å². The van der Waals surface area contributed by atoms with Crippen LogP contribution in [0, 0.1) is 0 Å². The molecule has 0 aromatic heterocycles. The molecule has 7 heteroatoms. The highest BCUT2D eigenvalue weighted by Crippen LogP contribution is 2.18. The van der Waals surface area contributed by atoms with Crippen molar-refractivity contribution in [3.05, 3.63) is 90.0 Å². The molecule has 0 radical (unpaired) electrons. The smallest absolute Gasteiger partial charge is 0.456 e. The highest BCUT2D eigenvalue weighted by molar-refractivity contribution is 5.86. The van der Waals surface area contributed by atoms with Gasteiger partial charge in [0.1, 0.15) is 12.6 Å². The van der Waals surface area contributed by atoms with Crippen LogP contribution in [0.1, 0.15) is 11.1 Å². The third kappa shape index (κ3) is 6.70. The Morgan fingerprint density at radius 3 is 2.32 bits per heavy atom. The molecule has 0 aliphatic carbocycles. The molecular weight excluding hydrogens is 407 g/mol. The molecule has 0 aliphatic rings. The van der Waals surface area contributed by atoms with Gasteiger partial charge in [0.2, 0.25) is 0 Å². The van der Waals surface area contributed by atoms with Gasteiger partial charge in [-0.25, -0.2) is 0 Å². The summed E-state index contributed by atoms with van der Waals surface area (Å²) in [5.74, 6) is -3.14. The minimum atomic E-state index is -5.06. The summed E-state index contributed by atoms with van der Waals surface area (Å²) in [5, 5.41) is 3.67. The monoisotopic (exact) mass is 427 g/mol. The van der Waals surface area contributed by atoms with Gasteiger partial charge in [-0.2, -0.15) is 13.2 Å². The van der Waals surface area contributed by atoms with Crippen LogP contribution in [0.3, 0.4) is 0 Å². The standard InChI is InChI=1S/C24H20F3NO3/c25-24(26,27)23(30)28-16-22(29)31-21(15-17-6-2-1-3-7-17)13-11-18-10-12-19-8-4-5-9-20(19)14-18/h1-14,21H,15-16H2,(H,28,30)/b13-11+. The van der Waals surface area contributed by atoms with E-state index in [9.17, 15) is 22.8 Å². The average Bonchev–Trinajstić information content (AvgIpc) is 2.75. The van der Waals surface area contributed by atoms with E-state index in [1.807, 2.05) is 72.8 Å². The van der Waals surface area contributed by atoms with Crippen LogP contribution >= 0.6 is 0 Å². The molecule has 0 aliphatic heterocycles. The van der Waals surface area contributed by atoms with Crippen LogP contribution < -0.4 is 5.32 Å². The summed E-state index contributed by atoms with van der Waals surface area (Å²) in [7, 11) is 0. The van der Waals surface area contributed by atoms with Crippen molar-refractivity contribution in [3.8, 4) is 0 Å². The number of alkyl halides is 3. The second kappa shape index (κ2) is 9.93. The first-order chi connectivity index (χ1) is 14.8. The Morgan fingerprint density at radius 2 is 1.61 bits per heavy atom. The van der Waals surface area contributed by atoms with E-state index in [1.54, 1.807) is 12.2 Å². The Balaban J connectivity index is 1.71. The summed E-state index contributed by atoms with van der Waals surface area (Å²) in [6.07, 6.45) is -1.96. The van der Waals surface area contributed by atoms with E-state index in [0.29, 0.717) is 6.42 Å². The fourth-order valence-electron chi connectivity index (χ4n) is 2.99. The van der Waals surface area contributed by atoms with Gasteiger partial charge in [0.05, 0.1) is 0 Å². The Labute approximate surface area is 177 Å². The fourth-order valence-corrected chi connectivity index (χ4v) is 2.99. The van der Waals surface area contributed by atoms with Gasteiger partial charge in [-0.05, 0) is 34.0 Å². The van der Waals surface area contributed by atoms with Crippen LogP contribution in [0.25, 0.3) is 16.8 Å². The SMILES string of the molecule is O=C(CNC(=O)C(F)(F)F)OC(/C=C/c1ccc2ccccc2c1)Cc1ccccc1. The first kappa shape index (κ1) is 22.1. The molecule has 3 rings (SSSR count). The quantitative estimate of drug-likeness (QED) is 0.557. The summed E-state index contributed by atoms with van der Waals surface area (Å²) >= 11 is 0. The second-order valence-corrected chi connectivity index (χ2v) is 6.86. The number of benzene rings is 3. The van der Waals surface area contributed by atoms with Crippen molar-refractivity contribution in [3.63, 3.8) is 0 Å². The minimum Gasteiger partial charge on any atom is -0.456 e. The lowest BCUT2D eigenvalue weighted by molar-refractivity contribution is -0.174. The highest BCUT2D eigenvalue weighted by atomic mass is 19.4. The van der Waals surface area contributed by atoms with E-state index < -0.39 is 30.7 Å². The summed E-state index contributed by atoms with van der Waals surface area (Å²) < 4.78 is 42.2. The van der Waals surface area contributed by atoms with E-state index in [4.69, 9.17) is 4.74 Å². The zero-order chi connectivity index (χ0) is 22.3. The van der Waals surface area contributed by atoms with Crippen LogP contribution in [0.5, 0.6) is 0 Å². The Bertz CT molecular complexity index is 1080. The molecule has 0 fully saturated rings. The number of ether oxygens (including phenoxy) is 1. The molecule has 1 atom stereocenters. The Hall–Kier alpha value is -3.61. The van der Waals surface area contributed by atoms with Crippen molar-refractivity contribution in [2.24, 2.45) is 0 Å². The lowest BCUT2D eigenvalue weighted by Crippen LogP contribution is -2.40. The summed E-state index contributed by atoms with van der Waals surface area (Å²) in [4.78, 5) is 22.9. The number of nitrogens with one attached hydrogen (secondary N) is 1. The molecule has 0 spiro atoms. The van der Waals surface area contributed by atoms with Crippen LogP contribution in [0.15, 0.2) is 78.9 Å². The molecule has 3 aromatic carbocycles. The lowest BCUT2D eigenvalue weighted by Gasteiger charge is -2.15. The third-order valence-corrected chi connectivity index (χ3v) is 4.49. The number of esters is 1. The number of carbonyl (C=O) groups is 2. The van der Waals surface area contributed by atoms with E-state index in [0.717, 1.165) is 21.9 Å². The summed E-state index contributed by atoms with van der Waals surface area (Å²) in [6.45, 7) is -0.868. The first-order valence-corrected chi connectivity index (χ1v) is 9.57. The predicted octanol–water partition coefficient (Wildman–Crippen LogP) is 4.69. The normalized spacial score (nSPS) is 12.6. The number of halogens is 3. The molecule has 0 saturated heterocycles. The maximum absolute atomic E-state index is 12.3. The first-order valence-electron chi connectivity index (χ1n) is 9.57. The van der Waals surface area contributed by atoms with Crippen molar-refractivity contribution < 1.29 is 27.5 Å². The minimum absolute atomic E-state index is 0.337. The zero-order valence-corrected chi connectivity index (χ0v) is 16.4. The number of hydrogen-bond donors (Lipinski definition) is 1. The van der Waals surface area contributed by atoms with Crippen molar-refractivity contribution in [2.75, 3.05) is 6.54 Å². The van der Waals surface area contributed by atoms with Gasteiger partial charge < -0.3 is 10.1 Å². The maximum atomic E-state index is 12.3. The molecular formula is C24H20F3NO3. The molecule has 0 bridgehead atoms. The van der Waals surface area contributed by atoms with Crippen molar-refractivity contribution in [1.29, 1.82) is 0 Å². The maximum Gasteiger partial charge on any atom is 0.471 e. The zero-order valence-electron chi connectivity index (χ0n) is 16.4. The van der Waals surface area contributed by atoms with E-state index in [2.05, 4.69) is 0 Å². The molecule has 3 aromatic rings. The number of hydrogen-bond acceptors (Lipinski definition) is 3. The Morgan fingerprint density at radius 1 is 0.935 bits per heavy atom. The lowest BCUT2D eigenvalue weighted by atomic mass is 10.0. The van der Waals surface area contributed by atoms with Crippen molar-refractivity contribution in [1.82, 2.24) is 5.32 Å². The highest BCUT2D eigenvalue weighted by Gasteiger charge is 2.38. The molecule has 1 N–H and O–H groups in total. The molecule has 1 amide bonds. The molecule has 0 saturated carbocycles. The van der Waals surface area contributed by atoms with Gasteiger partial charge in [0.25, 0.3) is 0 Å². The van der Waals surface area contributed by atoms with Gasteiger partial charge in [-0.1, -0.05) is 72.8 Å². The molecule has 160 valence electrons. The van der Waals surface area contributed by atoms with Crippen LogP contribution in [-0.4, -0.2) is 30.7 Å². The van der Waals surface area contributed by atoms with Crippen LogP contribution in [0.4, 0.5) is 13.2 Å². The summed E-state index contributed by atoms with van der Waals surface area (Å²) in [5.41, 5.74) is 1.78. The topological polar surface area (TPSA) is 55.4 Å².